The molecular weight excluding hydrogens is 405 g/mol. The van der Waals surface area contributed by atoms with E-state index in [1.807, 2.05) is 29.2 Å². The molecule has 0 unspecified atom stereocenters. The van der Waals surface area contributed by atoms with Gasteiger partial charge in [0.25, 0.3) is 5.91 Å². The second-order valence-electron chi connectivity index (χ2n) is 8.33. The average molecular weight is 427 g/mol. The van der Waals surface area contributed by atoms with Crippen LogP contribution < -0.4 is 5.32 Å². The number of amides is 1. The van der Waals surface area contributed by atoms with Gasteiger partial charge in [0.15, 0.2) is 0 Å². The Morgan fingerprint density at radius 1 is 1.09 bits per heavy atom. The van der Waals surface area contributed by atoms with E-state index < -0.39 is 0 Å². The number of nitrogens with zero attached hydrogens (tertiary/aromatic N) is 2. The third-order valence-corrected chi connectivity index (χ3v) is 6.57. The summed E-state index contributed by atoms with van der Waals surface area (Å²) in [4.78, 5) is 15.2. The van der Waals surface area contributed by atoms with Crippen molar-refractivity contribution in [1.29, 1.82) is 5.26 Å². The molecule has 2 N–H and O–H groups in total. The molecule has 1 amide bonds. The number of nitriles is 1. The number of aliphatic hydroxyl groups is 1. The quantitative estimate of drug-likeness (QED) is 0.651. The molecule has 0 aliphatic carbocycles. The van der Waals surface area contributed by atoms with Crippen LogP contribution >= 0.6 is 0 Å². The fourth-order valence-corrected chi connectivity index (χ4v) is 4.97. The zero-order valence-electron chi connectivity index (χ0n) is 17.3. The van der Waals surface area contributed by atoms with Crippen LogP contribution in [0.3, 0.4) is 0 Å². The first-order valence-corrected chi connectivity index (χ1v) is 10.7. The van der Waals surface area contributed by atoms with Crippen molar-refractivity contribution in [1.82, 2.24) is 4.90 Å². The van der Waals surface area contributed by atoms with Gasteiger partial charge in [-0.25, -0.2) is 4.39 Å². The van der Waals surface area contributed by atoms with Crippen LogP contribution in [0, 0.1) is 23.1 Å². The Balaban J connectivity index is 1.55. The maximum Gasteiger partial charge on any atom is 0.254 e. The van der Waals surface area contributed by atoms with Gasteiger partial charge in [0.2, 0.25) is 0 Å². The summed E-state index contributed by atoms with van der Waals surface area (Å²) in [5.41, 5.74) is 4.96. The van der Waals surface area contributed by atoms with E-state index in [9.17, 15) is 14.3 Å². The van der Waals surface area contributed by atoms with E-state index in [0.29, 0.717) is 17.7 Å². The molecule has 0 radical (unpaired) electrons. The highest BCUT2D eigenvalue weighted by Gasteiger charge is 2.45. The van der Waals surface area contributed by atoms with Crippen molar-refractivity contribution in [3.05, 3.63) is 89.2 Å². The van der Waals surface area contributed by atoms with E-state index >= 15 is 0 Å². The molecule has 2 heterocycles. The standard InChI is InChI=1S/C26H22FN3O2/c27-20-8-5-18(6-9-20)26(32)30-12-11-21-24(15-31)29-23-10-7-19(13-22(23)25(21)30)17-3-1-16(14-28)2-4-17/h1-10,13,21,24-25,29,31H,11-12,15H2/t21-,24+,25-/m1/s1. The monoisotopic (exact) mass is 427 g/mol. The minimum absolute atomic E-state index is 0.0173. The first kappa shape index (κ1) is 20.2. The Morgan fingerprint density at radius 2 is 1.81 bits per heavy atom. The molecule has 1 fully saturated rings. The Morgan fingerprint density at radius 3 is 2.50 bits per heavy atom. The van der Waals surface area contributed by atoms with Gasteiger partial charge < -0.3 is 15.3 Å². The molecule has 1 saturated heterocycles. The summed E-state index contributed by atoms with van der Waals surface area (Å²) in [6, 6.07) is 20.9. The van der Waals surface area contributed by atoms with Crippen molar-refractivity contribution in [2.24, 2.45) is 5.92 Å². The van der Waals surface area contributed by atoms with E-state index in [-0.39, 0.29) is 36.3 Å². The largest absolute Gasteiger partial charge is 0.394 e. The maximum absolute atomic E-state index is 13.4. The fourth-order valence-electron chi connectivity index (χ4n) is 4.97. The smallest absolute Gasteiger partial charge is 0.254 e. The molecule has 0 spiro atoms. The van der Waals surface area contributed by atoms with Crippen LogP contribution in [-0.2, 0) is 0 Å². The molecule has 3 aromatic carbocycles. The number of carbonyl (C=O) groups is 1. The predicted octanol–water partition coefficient (Wildman–Crippen LogP) is 4.35. The number of fused-ring (bicyclic) bond motifs is 3. The van der Waals surface area contributed by atoms with Gasteiger partial charge in [-0.3, -0.25) is 4.79 Å². The highest BCUT2D eigenvalue weighted by Crippen LogP contribution is 2.47. The number of hydrogen-bond acceptors (Lipinski definition) is 4. The number of aliphatic hydroxyl groups excluding tert-OH is 1. The van der Waals surface area contributed by atoms with Crippen LogP contribution in [0.2, 0.25) is 0 Å². The molecule has 6 heteroatoms. The summed E-state index contributed by atoms with van der Waals surface area (Å²) in [7, 11) is 0. The van der Waals surface area contributed by atoms with Crippen molar-refractivity contribution >= 4 is 11.6 Å². The summed E-state index contributed by atoms with van der Waals surface area (Å²) in [5.74, 6) is -0.431. The first-order valence-electron chi connectivity index (χ1n) is 10.7. The van der Waals surface area contributed by atoms with Crippen LogP contribution in [0.5, 0.6) is 0 Å². The summed E-state index contributed by atoms with van der Waals surface area (Å²) >= 11 is 0. The summed E-state index contributed by atoms with van der Waals surface area (Å²) in [6.07, 6.45) is 0.774. The van der Waals surface area contributed by atoms with Gasteiger partial charge in [-0.05, 0) is 71.6 Å². The van der Waals surface area contributed by atoms with Crippen LogP contribution in [-0.4, -0.2) is 35.1 Å². The molecule has 5 nitrogen and oxygen atoms in total. The SMILES string of the molecule is N#Cc1ccc(-c2ccc3c(c2)[C@H]2[C@H](CCN2C(=O)c2ccc(F)cc2)[C@H](CO)N3)cc1. The van der Waals surface area contributed by atoms with Crippen LogP contribution in [0.25, 0.3) is 11.1 Å². The van der Waals surface area contributed by atoms with Crippen molar-refractivity contribution in [2.75, 3.05) is 18.5 Å². The maximum atomic E-state index is 13.4. The molecule has 3 atom stereocenters. The highest BCUT2D eigenvalue weighted by molar-refractivity contribution is 5.95. The number of anilines is 1. The molecule has 3 aromatic rings. The highest BCUT2D eigenvalue weighted by atomic mass is 19.1. The Labute approximate surface area is 185 Å². The summed E-state index contributed by atoms with van der Waals surface area (Å²) in [5, 5.41) is 22.5. The van der Waals surface area contributed by atoms with Gasteiger partial charge >= 0.3 is 0 Å². The van der Waals surface area contributed by atoms with E-state index in [1.165, 1.54) is 24.3 Å². The summed E-state index contributed by atoms with van der Waals surface area (Å²) < 4.78 is 13.4. The minimum Gasteiger partial charge on any atom is -0.394 e. The van der Waals surface area contributed by atoms with E-state index in [2.05, 4.69) is 17.5 Å². The number of nitrogens with one attached hydrogen (secondary N) is 1. The van der Waals surface area contributed by atoms with Crippen LogP contribution in [0.1, 0.15) is 33.9 Å². The lowest BCUT2D eigenvalue weighted by Gasteiger charge is -2.39. The Bertz CT molecular complexity index is 1200. The lowest BCUT2D eigenvalue weighted by molar-refractivity contribution is 0.0701. The number of benzene rings is 3. The minimum atomic E-state index is -0.375. The van der Waals surface area contributed by atoms with Crippen molar-refractivity contribution in [3.63, 3.8) is 0 Å². The molecule has 0 bridgehead atoms. The summed E-state index contributed by atoms with van der Waals surface area (Å²) in [6.45, 7) is 0.556. The van der Waals surface area contributed by atoms with Crippen LogP contribution in [0.15, 0.2) is 66.7 Å². The zero-order chi connectivity index (χ0) is 22.2. The molecule has 32 heavy (non-hydrogen) atoms. The normalized spacial score (nSPS) is 21.3. The molecule has 2 aliphatic rings. The van der Waals surface area contributed by atoms with Crippen LogP contribution in [0.4, 0.5) is 10.1 Å². The zero-order valence-corrected chi connectivity index (χ0v) is 17.3. The Kier molecular flexibility index (Phi) is 5.12. The number of hydrogen-bond donors (Lipinski definition) is 2. The number of carbonyl (C=O) groups excluding carboxylic acids is 1. The molecular formula is C26H22FN3O2. The second-order valence-corrected chi connectivity index (χ2v) is 8.33. The number of rotatable bonds is 3. The van der Waals surface area contributed by atoms with E-state index in [0.717, 1.165) is 28.8 Å². The van der Waals surface area contributed by atoms with Crippen molar-refractivity contribution in [2.45, 2.75) is 18.5 Å². The Hall–Kier alpha value is -3.69. The van der Waals surface area contributed by atoms with Gasteiger partial charge in [-0.1, -0.05) is 18.2 Å². The first-order chi connectivity index (χ1) is 15.6. The number of halogens is 1. The van der Waals surface area contributed by atoms with Gasteiger partial charge in [0, 0.05) is 23.7 Å². The second kappa shape index (κ2) is 8.10. The average Bonchev–Trinajstić information content (AvgIpc) is 3.29. The van der Waals surface area contributed by atoms with Crippen molar-refractivity contribution < 1.29 is 14.3 Å². The molecule has 0 saturated carbocycles. The van der Waals surface area contributed by atoms with Gasteiger partial charge in [0.05, 0.1) is 30.3 Å². The fraction of sp³-hybridized carbons (Fsp3) is 0.231. The van der Waals surface area contributed by atoms with E-state index in [1.54, 1.807) is 12.1 Å². The number of likely N-dealkylation sites (tertiary alicyclic amines) is 1. The third-order valence-electron chi connectivity index (χ3n) is 6.57. The van der Waals surface area contributed by atoms with Gasteiger partial charge in [-0.2, -0.15) is 5.26 Å². The van der Waals surface area contributed by atoms with Crippen molar-refractivity contribution in [3.8, 4) is 17.2 Å². The lowest BCUT2D eigenvalue weighted by Crippen LogP contribution is -2.42. The topological polar surface area (TPSA) is 76.4 Å². The molecule has 160 valence electrons. The van der Waals surface area contributed by atoms with Gasteiger partial charge in [-0.15, -0.1) is 0 Å². The van der Waals surface area contributed by atoms with E-state index in [4.69, 9.17) is 5.26 Å². The lowest BCUT2D eigenvalue weighted by atomic mass is 9.82. The molecule has 2 aliphatic heterocycles. The molecule has 0 aromatic heterocycles. The molecule has 5 rings (SSSR count). The predicted molar refractivity (Wildman–Crippen MR) is 119 cm³/mol. The third kappa shape index (κ3) is 3.41. The van der Waals surface area contributed by atoms with Gasteiger partial charge in [0.1, 0.15) is 5.82 Å².